The van der Waals surface area contributed by atoms with Crippen LogP contribution in [0.5, 0.6) is 0 Å². The number of pyridine rings is 1. The van der Waals surface area contributed by atoms with E-state index in [9.17, 15) is 4.79 Å². The lowest BCUT2D eigenvalue weighted by Crippen LogP contribution is -2.48. The van der Waals surface area contributed by atoms with Crippen molar-refractivity contribution in [2.75, 3.05) is 26.2 Å². The monoisotopic (exact) mass is 387 g/mol. The Bertz CT molecular complexity index is 669. The lowest BCUT2D eigenvalue weighted by molar-refractivity contribution is -0.133. The summed E-state index contributed by atoms with van der Waals surface area (Å²) in [6, 6.07) is 12.2. The second-order valence-corrected chi connectivity index (χ2v) is 6.96. The van der Waals surface area contributed by atoms with Gasteiger partial charge in [0, 0.05) is 56.0 Å². The van der Waals surface area contributed by atoms with E-state index in [0.29, 0.717) is 6.42 Å². The third-order valence-corrected chi connectivity index (χ3v) is 5.22. The average molecular weight is 388 g/mol. The van der Waals surface area contributed by atoms with Crippen LogP contribution in [0.2, 0.25) is 0 Å². The van der Waals surface area contributed by atoms with Gasteiger partial charge in [-0.05, 0) is 35.7 Å². The molecule has 24 heavy (non-hydrogen) atoms. The number of hydrogen-bond donors (Lipinski definition) is 0. The second-order valence-electron chi connectivity index (χ2n) is 6.10. The van der Waals surface area contributed by atoms with Gasteiger partial charge in [0.2, 0.25) is 5.91 Å². The molecule has 0 N–H and O–H groups in total. The summed E-state index contributed by atoms with van der Waals surface area (Å²) in [6.45, 7) is 4.44. The maximum atomic E-state index is 12.4. The molecule has 2 aromatic rings. The molecule has 1 aromatic heterocycles. The van der Waals surface area contributed by atoms with Crippen LogP contribution < -0.4 is 0 Å². The van der Waals surface area contributed by atoms with Gasteiger partial charge in [-0.15, -0.1) is 0 Å². The van der Waals surface area contributed by atoms with E-state index >= 15 is 0 Å². The molecule has 4 nitrogen and oxygen atoms in total. The Balaban J connectivity index is 1.44. The first-order valence-electron chi connectivity index (χ1n) is 8.35. The molecule has 0 spiro atoms. The van der Waals surface area contributed by atoms with Crippen LogP contribution in [0, 0.1) is 0 Å². The lowest BCUT2D eigenvalue weighted by Gasteiger charge is -2.34. The summed E-state index contributed by atoms with van der Waals surface area (Å²) in [5.41, 5.74) is 2.47. The molecule has 1 aliphatic heterocycles. The summed E-state index contributed by atoms with van der Waals surface area (Å²) < 4.78 is 1.08. The van der Waals surface area contributed by atoms with Crippen molar-refractivity contribution in [3.05, 3.63) is 64.4 Å². The first-order chi connectivity index (χ1) is 11.7. The first kappa shape index (κ1) is 17.1. The van der Waals surface area contributed by atoms with Crippen molar-refractivity contribution in [3.63, 3.8) is 0 Å². The lowest BCUT2D eigenvalue weighted by atomic mass is 10.1. The Kier molecular flexibility index (Phi) is 5.99. The molecular formula is C19H22BrN3O. The molecule has 5 heteroatoms. The maximum Gasteiger partial charge on any atom is 0.222 e. The molecule has 0 atom stereocenters. The summed E-state index contributed by atoms with van der Waals surface area (Å²) in [4.78, 5) is 20.9. The predicted octanol–water partition coefficient (Wildman–Crippen LogP) is 3.12. The van der Waals surface area contributed by atoms with Crippen molar-refractivity contribution in [2.24, 2.45) is 0 Å². The second kappa shape index (κ2) is 8.40. The van der Waals surface area contributed by atoms with Crippen molar-refractivity contribution in [3.8, 4) is 0 Å². The van der Waals surface area contributed by atoms with E-state index in [1.165, 1.54) is 11.1 Å². The zero-order valence-electron chi connectivity index (χ0n) is 13.7. The highest BCUT2D eigenvalue weighted by atomic mass is 79.9. The summed E-state index contributed by atoms with van der Waals surface area (Å²) in [6.07, 6.45) is 5.03. The Labute approximate surface area is 151 Å². The number of carbonyl (C=O) groups is 1. The number of nitrogens with zero attached hydrogens (tertiary/aromatic N) is 3. The molecule has 1 saturated heterocycles. The molecule has 1 fully saturated rings. The van der Waals surface area contributed by atoms with Gasteiger partial charge in [-0.2, -0.15) is 0 Å². The van der Waals surface area contributed by atoms with E-state index in [0.717, 1.165) is 43.6 Å². The third kappa shape index (κ3) is 4.65. The molecule has 0 unspecified atom stereocenters. The van der Waals surface area contributed by atoms with Crippen LogP contribution in [0.3, 0.4) is 0 Å². The number of amides is 1. The Morgan fingerprint density at radius 2 is 1.75 bits per heavy atom. The minimum absolute atomic E-state index is 0.259. The molecule has 1 amide bonds. The highest BCUT2D eigenvalue weighted by molar-refractivity contribution is 9.10. The Morgan fingerprint density at radius 1 is 1.04 bits per heavy atom. The van der Waals surface area contributed by atoms with Crippen LogP contribution in [0.15, 0.2) is 53.3 Å². The standard InChI is InChI=1S/C19H22BrN3O/c20-18-4-2-1-3-17(18)5-6-19(24)23-13-11-22(12-14-23)15-16-7-9-21-10-8-16/h1-4,7-10H,5-6,11-15H2. The van der Waals surface area contributed by atoms with Crippen molar-refractivity contribution in [1.82, 2.24) is 14.8 Å². The molecule has 1 aromatic carbocycles. The molecular weight excluding hydrogens is 366 g/mol. The van der Waals surface area contributed by atoms with Crippen LogP contribution >= 0.6 is 15.9 Å². The third-order valence-electron chi connectivity index (χ3n) is 4.45. The topological polar surface area (TPSA) is 36.4 Å². The Hall–Kier alpha value is -1.72. The average Bonchev–Trinajstić information content (AvgIpc) is 2.62. The fraction of sp³-hybridized carbons (Fsp3) is 0.368. The van der Waals surface area contributed by atoms with Crippen LogP contribution in [0.4, 0.5) is 0 Å². The van der Waals surface area contributed by atoms with E-state index in [1.807, 2.05) is 35.5 Å². The number of rotatable bonds is 5. The van der Waals surface area contributed by atoms with Crippen molar-refractivity contribution in [2.45, 2.75) is 19.4 Å². The molecule has 2 heterocycles. The van der Waals surface area contributed by atoms with E-state index in [-0.39, 0.29) is 5.91 Å². The zero-order valence-corrected chi connectivity index (χ0v) is 15.3. The van der Waals surface area contributed by atoms with Gasteiger partial charge in [-0.1, -0.05) is 34.1 Å². The van der Waals surface area contributed by atoms with Crippen LogP contribution in [0.1, 0.15) is 17.5 Å². The molecule has 126 valence electrons. The number of benzene rings is 1. The van der Waals surface area contributed by atoms with Gasteiger partial charge < -0.3 is 4.90 Å². The minimum Gasteiger partial charge on any atom is -0.340 e. The number of hydrogen-bond acceptors (Lipinski definition) is 3. The van der Waals surface area contributed by atoms with Crippen LogP contribution in [-0.4, -0.2) is 46.9 Å². The summed E-state index contributed by atoms with van der Waals surface area (Å²) in [7, 11) is 0. The molecule has 0 bridgehead atoms. The van der Waals surface area contributed by atoms with E-state index in [1.54, 1.807) is 0 Å². The van der Waals surface area contributed by atoms with Crippen molar-refractivity contribution < 1.29 is 4.79 Å². The predicted molar refractivity (Wildman–Crippen MR) is 98.6 cm³/mol. The number of aryl methyl sites for hydroxylation is 1. The minimum atomic E-state index is 0.259. The van der Waals surface area contributed by atoms with Crippen LogP contribution in [-0.2, 0) is 17.8 Å². The number of aromatic nitrogens is 1. The summed E-state index contributed by atoms with van der Waals surface area (Å²) >= 11 is 3.55. The van der Waals surface area contributed by atoms with Gasteiger partial charge in [0.15, 0.2) is 0 Å². The van der Waals surface area contributed by atoms with Gasteiger partial charge in [-0.25, -0.2) is 0 Å². The Morgan fingerprint density at radius 3 is 2.46 bits per heavy atom. The normalized spacial score (nSPS) is 15.5. The largest absolute Gasteiger partial charge is 0.340 e. The van der Waals surface area contributed by atoms with E-state index in [2.05, 4.69) is 44.0 Å². The first-order valence-corrected chi connectivity index (χ1v) is 9.14. The van der Waals surface area contributed by atoms with Gasteiger partial charge in [0.1, 0.15) is 0 Å². The molecule has 0 radical (unpaired) electrons. The molecule has 1 aliphatic rings. The zero-order chi connectivity index (χ0) is 16.8. The fourth-order valence-corrected chi connectivity index (χ4v) is 3.49. The maximum absolute atomic E-state index is 12.4. The van der Waals surface area contributed by atoms with Gasteiger partial charge in [0.05, 0.1) is 0 Å². The number of carbonyl (C=O) groups excluding carboxylic acids is 1. The SMILES string of the molecule is O=C(CCc1ccccc1Br)N1CCN(Cc2ccncc2)CC1. The van der Waals surface area contributed by atoms with Crippen molar-refractivity contribution >= 4 is 21.8 Å². The molecule has 0 saturated carbocycles. The molecule has 0 aliphatic carbocycles. The van der Waals surface area contributed by atoms with Crippen molar-refractivity contribution in [1.29, 1.82) is 0 Å². The highest BCUT2D eigenvalue weighted by Crippen LogP contribution is 2.18. The van der Waals surface area contributed by atoms with Gasteiger partial charge in [-0.3, -0.25) is 14.7 Å². The fourth-order valence-electron chi connectivity index (χ4n) is 3.00. The van der Waals surface area contributed by atoms with Gasteiger partial charge in [0.25, 0.3) is 0 Å². The number of halogens is 1. The quantitative estimate of drug-likeness (QED) is 0.790. The summed E-state index contributed by atoms with van der Waals surface area (Å²) in [5.74, 6) is 0.259. The summed E-state index contributed by atoms with van der Waals surface area (Å²) in [5, 5.41) is 0. The molecule has 3 rings (SSSR count). The van der Waals surface area contributed by atoms with E-state index < -0.39 is 0 Å². The van der Waals surface area contributed by atoms with Gasteiger partial charge >= 0.3 is 0 Å². The van der Waals surface area contributed by atoms with E-state index in [4.69, 9.17) is 0 Å². The number of piperazine rings is 1. The smallest absolute Gasteiger partial charge is 0.222 e. The van der Waals surface area contributed by atoms with Crippen LogP contribution in [0.25, 0.3) is 0 Å². The highest BCUT2D eigenvalue weighted by Gasteiger charge is 2.21.